The summed E-state index contributed by atoms with van der Waals surface area (Å²) in [6, 6.07) is 4.31. The van der Waals surface area contributed by atoms with E-state index < -0.39 is 108 Å². The molecule has 1 saturated heterocycles. The van der Waals surface area contributed by atoms with Gasteiger partial charge in [0.1, 0.15) is 42.3 Å². The minimum atomic E-state index is -1.72. The number of nitrogens with one attached hydrogen (secondary N) is 8. The van der Waals surface area contributed by atoms with E-state index in [1.54, 1.807) is 38.4 Å². The van der Waals surface area contributed by atoms with Crippen LogP contribution in [0.4, 0.5) is 0 Å². The van der Waals surface area contributed by atoms with Crippen LogP contribution in [0.15, 0.2) is 60.9 Å². The van der Waals surface area contributed by atoms with E-state index in [1.165, 1.54) is 13.8 Å². The number of likely N-dealkylation sites (tertiary alicyclic amines) is 1. The molecule has 8 atom stereocenters. The lowest BCUT2D eigenvalue weighted by molar-refractivity contribution is -0.146. The molecule has 7 amide bonds. The van der Waals surface area contributed by atoms with Gasteiger partial charge in [-0.2, -0.15) is 12.6 Å². The Morgan fingerprint density at radius 2 is 1.19 bits per heavy atom. The molecule has 2 aromatic carbocycles. The Hall–Kier alpha value is -6.94. The number of carboxylic acids is 2. The predicted octanol–water partition coefficient (Wildman–Crippen LogP) is 0.237. The number of hydrogen-bond acceptors (Lipinski definition) is 11. The molecule has 0 unspecified atom stereocenters. The zero-order chi connectivity index (χ0) is 49.8. The fraction of sp³-hybridized carbons (Fsp3) is 0.457. The molecule has 5 rings (SSSR count). The first-order valence-corrected chi connectivity index (χ1v) is 22.9. The molecule has 1 fully saturated rings. The monoisotopic (exact) mass is 960 g/mol. The van der Waals surface area contributed by atoms with Crippen LogP contribution in [-0.2, 0) is 56.0 Å². The van der Waals surface area contributed by atoms with Crippen LogP contribution in [0, 0.1) is 5.92 Å². The van der Waals surface area contributed by atoms with Crippen molar-refractivity contribution < 1.29 is 53.4 Å². The van der Waals surface area contributed by atoms with Gasteiger partial charge in [0.25, 0.3) is 0 Å². The summed E-state index contributed by atoms with van der Waals surface area (Å²) in [4.78, 5) is 127. The van der Waals surface area contributed by atoms with E-state index in [1.807, 2.05) is 36.4 Å². The summed E-state index contributed by atoms with van der Waals surface area (Å²) < 4.78 is 0. The Balaban J connectivity index is 1.31. The number of para-hydroxylation sites is 2. The van der Waals surface area contributed by atoms with E-state index in [4.69, 9.17) is 5.73 Å². The summed E-state index contributed by atoms with van der Waals surface area (Å²) in [5, 5.41) is 36.9. The molecule has 21 nitrogen and oxygen atoms in total. The van der Waals surface area contributed by atoms with Crippen molar-refractivity contribution in [2.24, 2.45) is 11.7 Å². The van der Waals surface area contributed by atoms with Crippen molar-refractivity contribution in [2.75, 3.05) is 12.3 Å². The average molecular weight is 961 g/mol. The molecular weight excluding hydrogens is 901 g/mol. The van der Waals surface area contributed by atoms with Crippen LogP contribution < -0.4 is 37.6 Å². The molecule has 22 heteroatoms. The van der Waals surface area contributed by atoms with Crippen molar-refractivity contribution in [2.45, 2.75) is 115 Å². The van der Waals surface area contributed by atoms with Crippen LogP contribution in [-0.4, -0.2) is 139 Å². The standard InChI is InChI=1S/C46H60N10O11S/c1-23(2)16-32(51-40(60)25(4)50-39(59)24(3)47)41(61)55-36(22-68)43(63)53-34(19-38(57)58)45(65)56-15-9-14-37(56)44(64)52-33(17-26-20-48-30-12-7-5-10-28(26)30)42(62)54-35(46(66)67)18-27-21-49-31-13-8-6-11-29(27)31/h5-8,10-13,20-21,23-25,32-37,48-49,68H,9,14-19,22,47H2,1-4H3,(H,50,59)(H,51,60)(H,52,64)(H,53,63)(H,54,62)(H,55,61)(H,57,58)(H,66,67)/t24-,25-,32-,33-,34-,35-,36-,37-/m0/s1. The SMILES string of the molecule is CC(C)C[C@H](NC(=O)[C@H](C)NC(=O)[C@H](C)N)C(=O)N[C@@H](CS)C(=O)N[C@@H](CC(=O)O)C(=O)N1CCC[C@H]1C(=O)N[C@@H](Cc1c[nH]c2ccccc12)C(=O)N[C@@H](Cc1c[nH]c2ccccc12)C(=O)O. The Morgan fingerprint density at radius 1 is 0.676 bits per heavy atom. The summed E-state index contributed by atoms with van der Waals surface area (Å²) in [5.41, 5.74) is 8.40. The number of hydrogen-bond donors (Lipinski definition) is 12. The van der Waals surface area contributed by atoms with Gasteiger partial charge in [-0.05, 0) is 62.3 Å². The van der Waals surface area contributed by atoms with Gasteiger partial charge < -0.3 is 62.7 Å². The van der Waals surface area contributed by atoms with Gasteiger partial charge in [-0.25, -0.2) is 4.79 Å². The molecule has 0 saturated carbocycles. The lowest BCUT2D eigenvalue weighted by Crippen LogP contribution is -2.60. The van der Waals surface area contributed by atoms with Gasteiger partial charge in [-0.15, -0.1) is 0 Å². The highest BCUT2D eigenvalue weighted by atomic mass is 32.1. The second-order valence-corrected chi connectivity index (χ2v) is 17.8. The summed E-state index contributed by atoms with van der Waals surface area (Å²) in [7, 11) is 0. The highest BCUT2D eigenvalue weighted by molar-refractivity contribution is 7.80. The number of benzene rings is 2. The molecule has 12 N–H and O–H groups in total. The third-order valence-electron chi connectivity index (χ3n) is 11.6. The zero-order valence-corrected chi connectivity index (χ0v) is 39.1. The summed E-state index contributed by atoms with van der Waals surface area (Å²) in [6.07, 6.45) is 2.81. The minimum Gasteiger partial charge on any atom is -0.481 e. The van der Waals surface area contributed by atoms with E-state index >= 15 is 0 Å². The molecular formula is C46H60N10O11S. The Morgan fingerprint density at radius 3 is 1.74 bits per heavy atom. The topological polar surface area (TPSA) is 327 Å². The van der Waals surface area contributed by atoms with Gasteiger partial charge in [0.15, 0.2) is 0 Å². The number of thiol groups is 1. The number of nitrogens with zero attached hydrogens (tertiary/aromatic N) is 1. The van der Waals surface area contributed by atoms with Gasteiger partial charge in [0, 0.05) is 59.3 Å². The lowest BCUT2D eigenvalue weighted by atomic mass is 10.0. The minimum absolute atomic E-state index is 0.0136. The van der Waals surface area contributed by atoms with Gasteiger partial charge in [-0.1, -0.05) is 50.2 Å². The summed E-state index contributed by atoms with van der Waals surface area (Å²) >= 11 is 4.21. The van der Waals surface area contributed by atoms with Gasteiger partial charge in [0.05, 0.1) is 12.5 Å². The maximum Gasteiger partial charge on any atom is 0.326 e. The lowest BCUT2D eigenvalue weighted by Gasteiger charge is -2.30. The van der Waals surface area contributed by atoms with Gasteiger partial charge in [-0.3, -0.25) is 38.4 Å². The number of aromatic amines is 2. The second-order valence-electron chi connectivity index (χ2n) is 17.4. The number of rotatable bonds is 23. The van der Waals surface area contributed by atoms with Crippen LogP contribution in [0.25, 0.3) is 21.8 Å². The first-order chi connectivity index (χ1) is 32.3. The molecule has 0 radical (unpaired) electrons. The summed E-state index contributed by atoms with van der Waals surface area (Å²) in [6.45, 7) is 6.43. The van der Waals surface area contributed by atoms with E-state index in [0.717, 1.165) is 26.7 Å². The number of nitrogens with two attached hydrogens (primary N) is 1. The average Bonchev–Trinajstić information content (AvgIpc) is 4.06. The fourth-order valence-electron chi connectivity index (χ4n) is 8.02. The number of carboxylic acid groups (broad SMARTS) is 2. The maximum atomic E-state index is 14.2. The van der Waals surface area contributed by atoms with Crippen molar-refractivity contribution in [1.29, 1.82) is 0 Å². The highest BCUT2D eigenvalue weighted by Crippen LogP contribution is 2.23. The molecule has 1 aliphatic heterocycles. The number of aromatic nitrogens is 2. The normalized spacial score (nSPS) is 16.7. The molecule has 4 aromatic rings. The molecule has 0 bridgehead atoms. The third-order valence-corrected chi connectivity index (χ3v) is 12.0. The number of aliphatic carboxylic acids is 2. The molecule has 0 spiro atoms. The summed E-state index contributed by atoms with van der Waals surface area (Å²) in [5.74, 6) is -8.75. The fourth-order valence-corrected chi connectivity index (χ4v) is 8.27. The van der Waals surface area contributed by atoms with Crippen LogP contribution >= 0.6 is 12.6 Å². The highest BCUT2D eigenvalue weighted by Gasteiger charge is 2.41. The Labute approximate surface area is 397 Å². The van der Waals surface area contributed by atoms with Crippen molar-refractivity contribution in [1.82, 2.24) is 46.8 Å². The Bertz CT molecular complexity index is 2510. The van der Waals surface area contributed by atoms with Crippen molar-refractivity contribution >= 4 is 87.7 Å². The number of fused-ring (bicyclic) bond motifs is 2. The third kappa shape index (κ3) is 13.6. The van der Waals surface area contributed by atoms with Crippen LogP contribution in [0.2, 0.25) is 0 Å². The number of amides is 7. The molecule has 3 heterocycles. The second kappa shape index (κ2) is 23.7. The first-order valence-electron chi connectivity index (χ1n) is 22.3. The molecule has 2 aromatic heterocycles. The van der Waals surface area contributed by atoms with Crippen molar-refractivity contribution in [3.8, 4) is 0 Å². The van der Waals surface area contributed by atoms with E-state index in [-0.39, 0.29) is 43.9 Å². The van der Waals surface area contributed by atoms with E-state index in [0.29, 0.717) is 17.5 Å². The van der Waals surface area contributed by atoms with E-state index in [9.17, 15) is 53.4 Å². The van der Waals surface area contributed by atoms with Crippen molar-refractivity contribution in [3.63, 3.8) is 0 Å². The Kier molecular flexibility index (Phi) is 18.1. The van der Waals surface area contributed by atoms with Gasteiger partial charge >= 0.3 is 11.9 Å². The molecule has 0 aliphatic carbocycles. The van der Waals surface area contributed by atoms with Gasteiger partial charge in [0.2, 0.25) is 41.4 Å². The van der Waals surface area contributed by atoms with E-state index in [2.05, 4.69) is 54.5 Å². The van der Waals surface area contributed by atoms with Crippen LogP contribution in [0.3, 0.4) is 0 Å². The number of carbonyl (C=O) groups excluding carboxylic acids is 7. The zero-order valence-electron chi connectivity index (χ0n) is 38.2. The van der Waals surface area contributed by atoms with Crippen molar-refractivity contribution in [3.05, 3.63) is 72.1 Å². The molecule has 68 heavy (non-hydrogen) atoms. The smallest absolute Gasteiger partial charge is 0.326 e. The predicted molar refractivity (Wildman–Crippen MR) is 253 cm³/mol. The van der Waals surface area contributed by atoms with Crippen LogP contribution in [0.1, 0.15) is 64.5 Å². The molecule has 366 valence electrons. The number of carbonyl (C=O) groups is 9. The largest absolute Gasteiger partial charge is 0.481 e. The molecule has 1 aliphatic rings. The number of H-pyrrole nitrogens is 2. The first kappa shape index (κ1) is 52.0. The maximum absolute atomic E-state index is 14.2. The van der Waals surface area contributed by atoms with Crippen LogP contribution in [0.5, 0.6) is 0 Å². The quantitative estimate of drug-likeness (QED) is 0.0445.